The molecule has 0 aromatic heterocycles. The predicted octanol–water partition coefficient (Wildman–Crippen LogP) is 5.63. The standard InChI is InChI=1S/C72H115F5N12O12/c1-15-43(5)59-68(99)83(10)44(6)63(94)89-34-30-52(89)67(98)85(12)54(38-45-26-24-42(4)25-27-45)66(97)82(9)40-56(90)78-50(29-28-46-36-48(73)58(49(74)37-46)72(75,76)77)64(95)88-33-20-23-51(88)62(93)80-71(31-18-19-32-71)70(101)87(14)60(47-21-16-17-22-47)69(100)86(13)55(65(96)81(7)8)39-57(91)84(11)53(35-41(2)3)61(92)79-59/h41-55,58-60H,15-40H2,1-14H3,(H,78,90)(H,79,92)(H,80,93)/t42?,43-,44-,45?,46?,48?,49?,50-,51-,52-,53-,54-,55-,58?,59-,60-/m0/s1. The second kappa shape index (κ2) is 34.7. The Balaban J connectivity index is 1.28. The molecule has 0 bridgehead atoms. The lowest BCUT2D eigenvalue weighted by molar-refractivity contribution is -0.219. The van der Waals surface area contributed by atoms with Crippen LogP contribution in [0.1, 0.15) is 189 Å². The number of halogens is 5. The molecule has 3 saturated heterocycles. The predicted molar refractivity (Wildman–Crippen MR) is 365 cm³/mol. The Hall–Kier alpha value is -6.71. The zero-order valence-corrected chi connectivity index (χ0v) is 62.1. The number of nitrogens with zero attached hydrogens (tertiary/aromatic N) is 9. The number of fused-ring (bicyclic) bond motifs is 2. The van der Waals surface area contributed by atoms with Gasteiger partial charge in [-0.25, -0.2) is 8.78 Å². The van der Waals surface area contributed by atoms with Gasteiger partial charge in [0.25, 0.3) is 0 Å². The molecule has 3 aliphatic heterocycles. The minimum absolute atomic E-state index is 0.0249. The molecule has 7 rings (SSSR count). The smallest absolute Gasteiger partial charge is 0.347 e. The Bertz CT molecular complexity index is 2980. The second-order valence-corrected chi connectivity index (χ2v) is 31.4. The van der Waals surface area contributed by atoms with Crippen molar-refractivity contribution in [3.63, 3.8) is 0 Å². The van der Waals surface area contributed by atoms with Gasteiger partial charge in [-0.15, -0.1) is 0 Å². The average Bonchev–Trinajstić information content (AvgIpc) is 1.77. The number of rotatable bonds is 11. The highest BCUT2D eigenvalue weighted by Gasteiger charge is 2.55. The van der Waals surface area contributed by atoms with E-state index in [1.165, 1.54) is 103 Å². The van der Waals surface area contributed by atoms with E-state index in [1.54, 1.807) is 6.92 Å². The van der Waals surface area contributed by atoms with Crippen molar-refractivity contribution in [3.05, 3.63) is 0 Å². The maximum atomic E-state index is 15.6. The molecule has 29 heteroatoms. The third-order valence-corrected chi connectivity index (χ3v) is 23.6. The van der Waals surface area contributed by atoms with Gasteiger partial charge in [-0.2, -0.15) is 13.2 Å². The monoisotopic (exact) mass is 1430 g/mol. The number of alkyl halides is 5. The molecule has 3 heterocycles. The van der Waals surface area contributed by atoms with Crippen LogP contribution in [0.5, 0.6) is 0 Å². The van der Waals surface area contributed by atoms with E-state index < -0.39 is 199 Å². The van der Waals surface area contributed by atoms with E-state index in [2.05, 4.69) is 22.9 Å². The Morgan fingerprint density at radius 3 is 1.77 bits per heavy atom. The van der Waals surface area contributed by atoms with E-state index in [0.717, 1.165) is 30.6 Å². The van der Waals surface area contributed by atoms with Crippen molar-refractivity contribution in [2.75, 3.05) is 76.0 Å². The molecule has 0 aromatic carbocycles. The van der Waals surface area contributed by atoms with E-state index >= 15 is 32.8 Å². The lowest BCUT2D eigenvalue weighted by Gasteiger charge is -2.45. The number of likely N-dealkylation sites (N-methyl/N-ethyl adjacent to an activating group) is 7. The molecule has 1 spiro atoms. The maximum Gasteiger partial charge on any atom is 0.397 e. The van der Waals surface area contributed by atoms with Crippen molar-refractivity contribution in [2.45, 2.75) is 268 Å². The largest absolute Gasteiger partial charge is 0.397 e. The van der Waals surface area contributed by atoms with Crippen molar-refractivity contribution in [1.29, 1.82) is 0 Å². The fraction of sp³-hybridized carbons (Fsp3) is 0.833. The lowest BCUT2D eigenvalue weighted by atomic mass is 9.76. The molecule has 12 amide bonds. The first-order valence-corrected chi connectivity index (χ1v) is 37.0. The number of amides is 12. The van der Waals surface area contributed by atoms with Gasteiger partial charge in [-0.05, 0) is 126 Å². The summed E-state index contributed by atoms with van der Waals surface area (Å²) in [6, 6.07) is -11.3. The summed E-state index contributed by atoms with van der Waals surface area (Å²) in [5.74, 6) is -12.7. The normalized spacial score (nSPS) is 32.8. The first-order chi connectivity index (χ1) is 47.3. The van der Waals surface area contributed by atoms with E-state index in [4.69, 9.17) is 0 Å². The molecule has 0 aromatic rings. The van der Waals surface area contributed by atoms with Gasteiger partial charge in [0.1, 0.15) is 78.2 Å². The van der Waals surface area contributed by atoms with Crippen LogP contribution in [-0.2, 0) is 57.5 Å². The molecule has 3 N–H and O–H groups in total. The molecule has 4 aliphatic carbocycles. The first kappa shape index (κ1) is 81.6. The second-order valence-electron chi connectivity index (χ2n) is 31.4. The molecule has 24 nitrogen and oxygen atoms in total. The van der Waals surface area contributed by atoms with Gasteiger partial charge >= 0.3 is 6.18 Å². The molecule has 101 heavy (non-hydrogen) atoms. The summed E-state index contributed by atoms with van der Waals surface area (Å²) >= 11 is 0. The minimum Gasteiger partial charge on any atom is -0.347 e. The summed E-state index contributed by atoms with van der Waals surface area (Å²) < 4.78 is 72.3. The topological polar surface area (TPSA) is 270 Å². The molecule has 7 fully saturated rings. The highest BCUT2D eigenvalue weighted by atomic mass is 19.4. The van der Waals surface area contributed by atoms with Crippen molar-refractivity contribution < 1.29 is 79.5 Å². The van der Waals surface area contributed by atoms with Gasteiger partial charge in [0.15, 0.2) is 0 Å². The molecule has 570 valence electrons. The molecule has 0 radical (unpaired) electrons. The SMILES string of the molecule is CC[C@H](C)[C@@H]1NC(=O)[C@H](CC(C)C)N(C)C(=O)C[C@@H](C(=O)N(C)C)N(C)C(=O)[C@H](C2CCCC2)N(C)C(=O)C2(CCCC2)NC(=O)[C@@H]2CCCN2C(=O)[C@H](CCC2CC(F)C(C(F)(F)F)C(F)C2)NC(=O)CN(C)C(=O)[C@H](CC2CCC(C)CC2)N(C)C(=O)[C@@H]2CCN2C(=O)[C@H](C)N(C)C1=O. The van der Waals surface area contributed by atoms with Gasteiger partial charge < -0.3 is 60.0 Å². The minimum atomic E-state index is -5.15. The van der Waals surface area contributed by atoms with Gasteiger partial charge in [0.05, 0.1) is 13.0 Å². The molecule has 12 atom stereocenters. The van der Waals surface area contributed by atoms with Crippen LogP contribution in [-0.4, -0.2) is 269 Å². The Morgan fingerprint density at radius 2 is 1.22 bits per heavy atom. The lowest BCUT2D eigenvalue weighted by Crippen LogP contribution is -2.65. The summed E-state index contributed by atoms with van der Waals surface area (Å²) in [5, 5.41) is 8.63. The summed E-state index contributed by atoms with van der Waals surface area (Å²) in [6.45, 7) is 10.3. The highest BCUT2D eigenvalue weighted by molar-refractivity contribution is 6.01. The third kappa shape index (κ3) is 19.0. The van der Waals surface area contributed by atoms with Gasteiger partial charge in [0.2, 0.25) is 70.9 Å². The summed E-state index contributed by atoms with van der Waals surface area (Å²) in [7, 11) is 11.4. The van der Waals surface area contributed by atoms with E-state index in [-0.39, 0.29) is 82.7 Å². The molecule has 2 unspecified atom stereocenters. The van der Waals surface area contributed by atoms with Crippen LogP contribution < -0.4 is 16.0 Å². The van der Waals surface area contributed by atoms with E-state index in [1.807, 2.05) is 20.8 Å². The quantitative estimate of drug-likeness (QED) is 0.213. The number of hydrogen-bond donors (Lipinski definition) is 3. The first-order valence-electron chi connectivity index (χ1n) is 37.0. The molecular weight excluding hydrogens is 1320 g/mol. The third-order valence-electron chi connectivity index (χ3n) is 23.6. The summed E-state index contributed by atoms with van der Waals surface area (Å²) in [6.07, 6.45) is -4.70. The van der Waals surface area contributed by atoms with Gasteiger partial charge in [-0.3, -0.25) is 57.5 Å². The van der Waals surface area contributed by atoms with Crippen LogP contribution in [0.3, 0.4) is 0 Å². The van der Waals surface area contributed by atoms with Gasteiger partial charge in [0, 0.05) is 69.5 Å². The summed E-state index contributed by atoms with van der Waals surface area (Å²) in [4.78, 5) is 191. The van der Waals surface area contributed by atoms with Crippen LogP contribution >= 0.6 is 0 Å². The van der Waals surface area contributed by atoms with Crippen LogP contribution in [0, 0.1) is 41.4 Å². The van der Waals surface area contributed by atoms with Crippen molar-refractivity contribution in [2.24, 2.45) is 41.4 Å². The number of hydrogen-bond acceptors (Lipinski definition) is 12. The van der Waals surface area contributed by atoms with Crippen molar-refractivity contribution in [3.8, 4) is 0 Å². The van der Waals surface area contributed by atoms with E-state index in [9.17, 15) is 46.7 Å². The number of nitrogens with one attached hydrogen (secondary N) is 3. The van der Waals surface area contributed by atoms with Crippen LogP contribution in [0.25, 0.3) is 0 Å². The van der Waals surface area contributed by atoms with Crippen LogP contribution in [0.2, 0.25) is 0 Å². The summed E-state index contributed by atoms with van der Waals surface area (Å²) in [5.41, 5.74) is -1.61. The van der Waals surface area contributed by atoms with Gasteiger partial charge in [-0.1, -0.05) is 92.4 Å². The Labute approximate surface area is 593 Å². The Kier molecular flexibility index (Phi) is 28.0. The molecular formula is C72H115F5N12O12. The van der Waals surface area contributed by atoms with E-state index in [0.29, 0.717) is 50.9 Å². The average molecular weight is 1440 g/mol. The highest BCUT2D eigenvalue weighted by Crippen LogP contribution is 2.45. The van der Waals surface area contributed by atoms with Crippen molar-refractivity contribution in [1.82, 2.24) is 60.0 Å². The van der Waals surface area contributed by atoms with Crippen LogP contribution in [0.15, 0.2) is 0 Å². The number of carbonyl (C=O) groups is 12. The fourth-order valence-corrected chi connectivity index (χ4v) is 16.7. The van der Waals surface area contributed by atoms with Crippen molar-refractivity contribution >= 4 is 70.9 Å². The number of carbonyl (C=O) groups excluding carboxylic acids is 12. The molecule has 7 aliphatic rings. The molecule has 4 saturated carbocycles. The van der Waals surface area contributed by atoms with Crippen LogP contribution in [0.4, 0.5) is 22.0 Å². The fourth-order valence-electron chi connectivity index (χ4n) is 16.7. The zero-order chi connectivity index (χ0) is 75.0. The zero-order valence-electron chi connectivity index (χ0n) is 62.1. The maximum absolute atomic E-state index is 15.6. The Morgan fingerprint density at radius 1 is 0.614 bits per heavy atom.